The predicted molar refractivity (Wildman–Crippen MR) is 142 cm³/mol. The van der Waals surface area contributed by atoms with Crippen molar-refractivity contribution in [3.05, 3.63) is 68.4 Å². The van der Waals surface area contributed by atoms with Gasteiger partial charge in [0.05, 0.1) is 17.4 Å². The van der Waals surface area contributed by atoms with E-state index in [2.05, 4.69) is 37.9 Å². The van der Waals surface area contributed by atoms with Crippen molar-refractivity contribution >= 4 is 46.9 Å². The summed E-state index contributed by atoms with van der Waals surface area (Å²) in [6.07, 6.45) is 3.51. The van der Waals surface area contributed by atoms with Gasteiger partial charge in [0.15, 0.2) is 11.6 Å². The van der Waals surface area contributed by atoms with Crippen LogP contribution >= 0.6 is 23.2 Å². The second kappa shape index (κ2) is 14.3. The topological polar surface area (TPSA) is 101 Å². The molecule has 8 nitrogen and oxygen atoms in total. The van der Waals surface area contributed by atoms with Crippen LogP contribution in [0.3, 0.4) is 0 Å². The second-order valence-electron chi connectivity index (χ2n) is 7.20. The van der Waals surface area contributed by atoms with E-state index in [0.29, 0.717) is 22.7 Å². The first-order chi connectivity index (χ1) is 16.9. The monoisotopic (exact) mass is 520 g/mol. The summed E-state index contributed by atoms with van der Waals surface area (Å²) in [6.45, 7) is 7.21. The normalized spacial score (nSPS) is 10.6. The van der Waals surface area contributed by atoms with Crippen molar-refractivity contribution in [2.45, 2.75) is 27.2 Å². The Kier molecular flexibility index (Phi) is 11.5. The van der Waals surface area contributed by atoms with E-state index in [0.717, 1.165) is 30.4 Å². The van der Waals surface area contributed by atoms with Crippen LogP contribution in [0.1, 0.15) is 31.4 Å². The third kappa shape index (κ3) is 7.95. The van der Waals surface area contributed by atoms with Crippen LogP contribution in [0.25, 0.3) is 11.1 Å². The molecule has 1 heterocycles. The summed E-state index contributed by atoms with van der Waals surface area (Å²) in [7, 11) is 1.71. The first-order valence-corrected chi connectivity index (χ1v) is 11.6. The van der Waals surface area contributed by atoms with Gasteiger partial charge in [-0.15, -0.1) is 4.91 Å². The van der Waals surface area contributed by atoms with Gasteiger partial charge in [-0.3, -0.25) is 0 Å². The minimum Gasteiger partial charge on any atom is -0.385 e. The Balaban J connectivity index is 0.000000784. The maximum absolute atomic E-state index is 13.6. The standard InChI is InChI=1S/C20H17Cl2FN6O.C4H10O/c1-3-24-19-16(23)10-25-20(27-19)28-26-9-13-7-12(8-15(22)18(13)29-30)17-11(2)5-4-6-14(17)21;1-3-4-5-2/h4-10H,3H2,1-2H3,(H2,24,25,27,28);3-4H2,1-2H3/b26-9-;. The van der Waals surface area contributed by atoms with Gasteiger partial charge in [0.2, 0.25) is 5.95 Å². The molecule has 0 saturated carbocycles. The van der Waals surface area contributed by atoms with Crippen molar-refractivity contribution in [3.8, 4) is 11.1 Å². The van der Waals surface area contributed by atoms with Gasteiger partial charge in [0, 0.05) is 36.4 Å². The highest BCUT2D eigenvalue weighted by molar-refractivity contribution is 6.35. The Morgan fingerprint density at radius 2 is 1.97 bits per heavy atom. The van der Waals surface area contributed by atoms with Gasteiger partial charge in [0.1, 0.15) is 5.69 Å². The number of hydrogen-bond donors (Lipinski definition) is 2. The van der Waals surface area contributed by atoms with Gasteiger partial charge < -0.3 is 10.1 Å². The number of ether oxygens (including phenoxy) is 1. The molecule has 11 heteroatoms. The summed E-state index contributed by atoms with van der Waals surface area (Å²) in [4.78, 5) is 19.1. The average Bonchev–Trinajstić information content (AvgIpc) is 2.82. The van der Waals surface area contributed by atoms with E-state index < -0.39 is 5.82 Å². The number of hydrogen-bond acceptors (Lipinski definition) is 8. The Hall–Kier alpha value is -3.14. The molecular weight excluding hydrogens is 494 g/mol. The average molecular weight is 521 g/mol. The molecule has 2 aromatic carbocycles. The first kappa shape index (κ1) is 28.1. The molecule has 0 radical (unpaired) electrons. The van der Waals surface area contributed by atoms with Gasteiger partial charge in [-0.2, -0.15) is 10.1 Å². The molecule has 2 N–H and O–H groups in total. The van der Waals surface area contributed by atoms with E-state index in [9.17, 15) is 9.30 Å². The van der Waals surface area contributed by atoms with Crippen molar-refractivity contribution in [3.63, 3.8) is 0 Å². The van der Waals surface area contributed by atoms with Crippen molar-refractivity contribution in [2.75, 3.05) is 31.0 Å². The maximum atomic E-state index is 13.6. The molecule has 0 aliphatic carbocycles. The Morgan fingerprint density at radius 1 is 1.20 bits per heavy atom. The lowest BCUT2D eigenvalue weighted by atomic mass is 9.98. The van der Waals surface area contributed by atoms with Crippen LogP contribution in [0.2, 0.25) is 10.0 Å². The molecule has 1 aromatic heterocycles. The molecule has 0 fully saturated rings. The van der Waals surface area contributed by atoms with Crippen molar-refractivity contribution < 1.29 is 9.13 Å². The zero-order valence-electron chi connectivity index (χ0n) is 19.9. The molecule has 186 valence electrons. The summed E-state index contributed by atoms with van der Waals surface area (Å²) in [5.74, 6) is -0.443. The summed E-state index contributed by atoms with van der Waals surface area (Å²) >= 11 is 12.6. The number of hydrazone groups is 1. The molecule has 35 heavy (non-hydrogen) atoms. The minimum absolute atomic E-state index is 0.0315. The fourth-order valence-corrected chi connectivity index (χ4v) is 3.63. The van der Waals surface area contributed by atoms with Crippen molar-refractivity contribution in [1.82, 2.24) is 9.97 Å². The van der Waals surface area contributed by atoms with Crippen LogP contribution in [0.4, 0.5) is 21.8 Å². The quantitative estimate of drug-likeness (QED) is 0.175. The third-order valence-electron chi connectivity index (χ3n) is 4.56. The van der Waals surface area contributed by atoms with E-state index in [-0.39, 0.29) is 22.5 Å². The zero-order chi connectivity index (χ0) is 25.8. The van der Waals surface area contributed by atoms with E-state index in [1.165, 1.54) is 6.21 Å². The summed E-state index contributed by atoms with van der Waals surface area (Å²) in [6, 6.07) is 8.87. The van der Waals surface area contributed by atoms with Gasteiger partial charge in [0.25, 0.3) is 0 Å². The SMILES string of the molecule is CCCOC.CCNc1nc(N/N=C\c2cc(-c3c(C)cccc3Cl)cc(Cl)c2N=O)ncc1F. The largest absolute Gasteiger partial charge is 0.385 e. The van der Waals surface area contributed by atoms with E-state index in [1.54, 1.807) is 25.3 Å². The van der Waals surface area contributed by atoms with Crippen LogP contribution in [-0.4, -0.2) is 36.4 Å². The minimum atomic E-state index is -0.576. The number of nitrogens with zero attached hydrogens (tertiary/aromatic N) is 4. The number of nitrogens with one attached hydrogen (secondary N) is 2. The summed E-state index contributed by atoms with van der Waals surface area (Å²) in [5.41, 5.74) is 5.45. The molecule has 0 aliphatic rings. The van der Waals surface area contributed by atoms with Crippen molar-refractivity contribution in [2.24, 2.45) is 10.3 Å². The molecule has 0 unspecified atom stereocenters. The molecule has 0 aliphatic heterocycles. The molecule has 3 aromatic rings. The molecule has 0 amide bonds. The number of benzene rings is 2. The summed E-state index contributed by atoms with van der Waals surface area (Å²) < 4.78 is 18.3. The Labute approximate surface area is 213 Å². The second-order valence-corrected chi connectivity index (χ2v) is 8.02. The molecule has 3 rings (SSSR count). The van der Waals surface area contributed by atoms with Gasteiger partial charge >= 0.3 is 0 Å². The number of rotatable bonds is 9. The first-order valence-electron chi connectivity index (χ1n) is 10.8. The number of methoxy groups -OCH3 is 1. The Bertz CT molecular complexity index is 1150. The molecule has 0 bridgehead atoms. The lowest BCUT2D eigenvalue weighted by molar-refractivity contribution is 0.199. The van der Waals surface area contributed by atoms with E-state index in [4.69, 9.17) is 27.9 Å². The smallest absolute Gasteiger partial charge is 0.245 e. The van der Waals surface area contributed by atoms with Crippen molar-refractivity contribution in [1.29, 1.82) is 0 Å². The van der Waals surface area contributed by atoms with Crippen LogP contribution < -0.4 is 10.7 Å². The van der Waals surface area contributed by atoms with E-state index in [1.807, 2.05) is 26.0 Å². The van der Waals surface area contributed by atoms with Gasteiger partial charge in [-0.25, -0.2) is 14.8 Å². The summed E-state index contributed by atoms with van der Waals surface area (Å²) in [5, 5.41) is 10.5. The highest BCUT2D eigenvalue weighted by atomic mass is 35.5. The fraction of sp³-hybridized carbons (Fsp3) is 0.292. The highest BCUT2D eigenvalue weighted by Gasteiger charge is 2.14. The van der Waals surface area contributed by atoms with E-state index >= 15 is 0 Å². The maximum Gasteiger partial charge on any atom is 0.245 e. The fourth-order valence-electron chi connectivity index (χ4n) is 3.03. The van der Waals surface area contributed by atoms with Gasteiger partial charge in [-0.05, 0) is 54.8 Å². The Morgan fingerprint density at radius 3 is 2.57 bits per heavy atom. The van der Waals surface area contributed by atoms with Crippen LogP contribution in [0.5, 0.6) is 0 Å². The number of aryl methyl sites for hydroxylation is 1. The third-order valence-corrected chi connectivity index (χ3v) is 5.16. The number of halogens is 3. The number of nitroso groups, excluding NO2 is 1. The zero-order valence-corrected chi connectivity index (χ0v) is 21.4. The number of aromatic nitrogens is 2. The van der Waals surface area contributed by atoms with Crippen LogP contribution in [0, 0.1) is 17.6 Å². The van der Waals surface area contributed by atoms with Crippen LogP contribution in [0.15, 0.2) is 46.8 Å². The van der Waals surface area contributed by atoms with Gasteiger partial charge in [-0.1, -0.05) is 42.3 Å². The lowest BCUT2D eigenvalue weighted by Crippen LogP contribution is -2.05. The number of anilines is 2. The molecule has 0 atom stereocenters. The molecule has 0 saturated heterocycles. The molecule has 0 spiro atoms. The lowest BCUT2D eigenvalue weighted by Gasteiger charge is -2.11. The predicted octanol–water partition coefficient (Wildman–Crippen LogP) is 7.22. The molecular formula is C24H27Cl2FN6O2. The highest BCUT2D eigenvalue weighted by Crippen LogP contribution is 2.37. The van der Waals surface area contributed by atoms with Crippen LogP contribution in [-0.2, 0) is 4.74 Å².